The third-order valence-corrected chi connectivity index (χ3v) is 11.6. The number of nitrogens with one attached hydrogen (secondary N) is 6. The van der Waals surface area contributed by atoms with Crippen LogP contribution in [0.4, 0.5) is 0 Å². The largest absolute Gasteiger partial charge is 0.480 e. The number of carboxylic acids is 2. The fourth-order valence-electron chi connectivity index (χ4n) is 7.46. The molecular weight excluding hydrogens is 937 g/mol. The van der Waals surface area contributed by atoms with Gasteiger partial charge in [-0.05, 0) is 25.7 Å². The molecule has 3 atom stereocenters. The lowest BCUT2D eigenvalue weighted by atomic mass is 9.91. The van der Waals surface area contributed by atoms with Gasteiger partial charge in [-0.15, -0.1) is 0 Å². The van der Waals surface area contributed by atoms with Crippen molar-refractivity contribution in [2.24, 2.45) is 11.7 Å². The molecule has 5 amide bonds. The number of rotatable bonds is 50. The first-order chi connectivity index (χ1) is 34.8. The summed E-state index contributed by atoms with van der Waals surface area (Å²) in [5.41, 5.74) is 6.70. The summed E-state index contributed by atoms with van der Waals surface area (Å²) in [6.45, 7) is 3.05. The molecule has 22 nitrogen and oxygen atoms in total. The minimum Gasteiger partial charge on any atom is -0.480 e. The van der Waals surface area contributed by atoms with Crippen molar-refractivity contribution >= 4 is 47.3 Å². The molecule has 0 saturated heterocycles. The number of carboxylic acid groups (broad SMARTS) is 2. The van der Waals surface area contributed by atoms with Crippen LogP contribution in [0.2, 0.25) is 0 Å². The van der Waals surface area contributed by atoms with Crippen molar-refractivity contribution in [3.05, 3.63) is 18.2 Å². The fraction of sp³-hybridized carbons (Fsp3) is 0.780. The predicted octanol–water partition coefficient (Wildman–Crippen LogP) is 3.25. The molecule has 10 N–H and O–H groups in total. The van der Waals surface area contributed by atoms with Crippen molar-refractivity contribution in [2.45, 2.75) is 167 Å². The minimum atomic E-state index is -1.21. The average Bonchev–Trinajstić information content (AvgIpc) is 3.87. The molecule has 0 bridgehead atoms. The van der Waals surface area contributed by atoms with Crippen LogP contribution in [0.25, 0.3) is 0 Å². The number of hydrogen-bond donors (Lipinski definition) is 9. The number of carbonyl (C=O) groups is 8. The Bertz CT molecular complexity index is 1640. The number of ketones is 1. The van der Waals surface area contributed by atoms with Crippen molar-refractivity contribution in [1.29, 1.82) is 0 Å². The van der Waals surface area contributed by atoms with Crippen LogP contribution in [-0.2, 0) is 63.7 Å². The first kappa shape index (κ1) is 65.0. The van der Waals surface area contributed by atoms with Crippen LogP contribution in [0.1, 0.15) is 154 Å². The Hall–Kier alpha value is -5.03. The first-order valence-electron chi connectivity index (χ1n) is 26.2. The molecule has 0 aliphatic carbocycles. The van der Waals surface area contributed by atoms with Gasteiger partial charge < -0.3 is 66.5 Å². The van der Waals surface area contributed by atoms with Crippen LogP contribution in [0.5, 0.6) is 0 Å². The maximum Gasteiger partial charge on any atom is 0.326 e. The van der Waals surface area contributed by atoms with E-state index in [1.165, 1.54) is 77.0 Å². The lowest BCUT2D eigenvalue weighted by molar-refractivity contribution is -0.142. The van der Waals surface area contributed by atoms with E-state index in [1.807, 2.05) is 0 Å². The highest BCUT2D eigenvalue weighted by molar-refractivity contribution is 5.90. The number of aliphatic carboxylic acids is 2. The number of imidazole rings is 1. The first-order valence-corrected chi connectivity index (χ1v) is 26.2. The molecule has 1 aromatic rings. The fourth-order valence-corrected chi connectivity index (χ4v) is 7.46. The number of amides is 5. The van der Waals surface area contributed by atoms with Gasteiger partial charge in [0.2, 0.25) is 29.5 Å². The second-order valence-corrected chi connectivity index (χ2v) is 17.9. The maximum atomic E-state index is 12.7. The Morgan fingerprint density at radius 1 is 0.597 bits per heavy atom. The number of carbonyl (C=O) groups excluding carboxylic acids is 6. The second-order valence-electron chi connectivity index (χ2n) is 17.9. The molecular formula is C50H88N8O14. The lowest BCUT2D eigenvalue weighted by Gasteiger charge is -2.18. The molecule has 1 rings (SSSR count). The normalized spacial score (nSPS) is 12.4. The molecule has 0 saturated carbocycles. The van der Waals surface area contributed by atoms with Crippen LogP contribution < -0.4 is 32.3 Å². The number of nitrogens with two attached hydrogens (primary N) is 1. The number of Topliss-reactive ketones (excluding diaryl/α,β-unsaturated/α-hetero) is 1. The van der Waals surface area contributed by atoms with E-state index in [0.717, 1.165) is 19.3 Å². The highest BCUT2D eigenvalue weighted by atomic mass is 16.5. The van der Waals surface area contributed by atoms with Gasteiger partial charge in [0.1, 0.15) is 25.8 Å². The highest BCUT2D eigenvalue weighted by Crippen LogP contribution is 2.17. The van der Waals surface area contributed by atoms with Gasteiger partial charge >= 0.3 is 11.9 Å². The standard InChI is InChI=1S/C50H88N8O14/c1-2-3-4-5-6-7-8-9-10-11-12-13-14-15-16-20-45(61)58-42(50(67)68)21-22-44(60)54-24-26-69-28-31-72-37-47(63)55-25-27-70-29-30-71-36-46(62)53-23-18-17-19-39(49(66)56-35-48(64)65)32-43(59)41(51)33-40-34-52-38-57-40/h34,38-39,41-42H,2-33,35-37,51H2,1H3,(H,52,57)(H,53,62)(H,54,60)(H,55,63)(H,56,66)(H,58,61)(H,64,65)(H,67,68)/t39-,41+,42+/m1/s1. The lowest BCUT2D eigenvalue weighted by Crippen LogP contribution is -2.41. The van der Waals surface area contributed by atoms with Gasteiger partial charge in [-0.2, -0.15) is 0 Å². The van der Waals surface area contributed by atoms with Crippen LogP contribution >= 0.6 is 0 Å². The van der Waals surface area contributed by atoms with Crippen LogP contribution in [0.15, 0.2) is 12.5 Å². The van der Waals surface area contributed by atoms with Gasteiger partial charge in [-0.25, -0.2) is 9.78 Å². The van der Waals surface area contributed by atoms with Gasteiger partial charge in [0.25, 0.3) is 0 Å². The number of H-pyrrole nitrogens is 1. The van der Waals surface area contributed by atoms with E-state index < -0.39 is 42.4 Å². The SMILES string of the molecule is CCCCCCCCCCCCCCCCCC(=O)N[C@@H](CCC(=O)NCCOCCOCC(=O)NCCOCCOCC(=O)NCCCC[C@H](CC(=O)[C@@H](N)Cc1cnc[nH]1)C(=O)NCC(=O)O)C(=O)O. The molecule has 0 spiro atoms. The quantitative estimate of drug-likeness (QED) is 0.0423. The van der Waals surface area contributed by atoms with E-state index in [4.69, 9.17) is 29.8 Å². The summed E-state index contributed by atoms with van der Waals surface area (Å²) in [6, 6.07) is -2.00. The van der Waals surface area contributed by atoms with E-state index in [1.54, 1.807) is 6.20 Å². The Labute approximate surface area is 425 Å². The van der Waals surface area contributed by atoms with E-state index >= 15 is 0 Å². The minimum absolute atomic E-state index is 0.0265. The van der Waals surface area contributed by atoms with Crippen LogP contribution in [0.3, 0.4) is 0 Å². The molecule has 412 valence electrons. The summed E-state index contributed by atoms with van der Waals surface area (Å²) < 4.78 is 21.4. The Morgan fingerprint density at radius 2 is 1.12 bits per heavy atom. The Balaban J connectivity index is 2.00. The third-order valence-electron chi connectivity index (χ3n) is 11.6. The van der Waals surface area contributed by atoms with Crippen molar-refractivity contribution in [3.8, 4) is 0 Å². The third kappa shape index (κ3) is 38.6. The van der Waals surface area contributed by atoms with Gasteiger partial charge in [0.15, 0.2) is 5.78 Å². The summed E-state index contributed by atoms with van der Waals surface area (Å²) >= 11 is 0. The summed E-state index contributed by atoms with van der Waals surface area (Å²) in [6.07, 6.45) is 22.9. The van der Waals surface area contributed by atoms with E-state index in [-0.39, 0.29) is 134 Å². The molecule has 0 aliphatic heterocycles. The molecule has 0 radical (unpaired) electrons. The number of aromatic amines is 1. The summed E-state index contributed by atoms with van der Waals surface area (Å²) in [5.74, 6) is -5.43. The molecule has 0 aliphatic rings. The summed E-state index contributed by atoms with van der Waals surface area (Å²) in [7, 11) is 0. The number of nitrogens with zero attached hydrogens (tertiary/aromatic N) is 1. The molecule has 1 heterocycles. The number of unbranched alkanes of at least 4 members (excludes halogenated alkanes) is 15. The monoisotopic (exact) mass is 1020 g/mol. The molecule has 0 fully saturated rings. The molecule has 1 aromatic heterocycles. The molecule has 72 heavy (non-hydrogen) atoms. The zero-order chi connectivity index (χ0) is 52.9. The number of hydrogen-bond acceptors (Lipinski definition) is 14. The second kappa shape index (κ2) is 44.7. The Morgan fingerprint density at radius 3 is 1.65 bits per heavy atom. The van der Waals surface area contributed by atoms with Crippen LogP contribution in [0, 0.1) is 5.92 Å². The van der Waals surface area contributed by atoms with Gasteiger partial charge in [-0.1, -0.05) is 103 Å². The van der Waals surface area contributed by atoms with E-state index in [0.29, 0.717) is 31.5 Å². The van der Waals surface area contributed by atoms with Gasteiger partial charge in [0.05, 0.1) is 52.0 Å². The van der Waals surface area contributed by atoms with Crippen molar-refractivity contribution < 1.29 is 67.5 Å². The van der Waals surface area contributed by atoms with Gasteiger partial charge in [0, 0.05) is 63.1 Å². The molecule has 0 unspecified atom stereocenters. The van der Waals surface area contributed by atoms with Crippen molar-refractivity contribution in [2.75, 3.05) is 79.0 Å². The summed E-state index contributed by atoms with van der Waals surface area (Å²) in [5, 5.41) is 31.4. The average molecular weight is 1030 g/mol. The van der Waals surface area contributed by atoms with Crippen LogP contribution in [-0.4, -0.2) is 159 Å². The topological polar surface area (TPSA) is 329 Å². The number of aromatic nitrogens is 2. The van der Waals surface area contributed by atoms with Gasteiger partial charge in [-0.3, -0.25) is 33.6 Å². The number of ether oxygens (including phenoxy) is 4. The molecule has 22 heteroatoms. The maximum absolute atomic E-state index is 12.7. The smallest absolute Gasteiger partial charge is 0.326 e. The Kier molecular flexibility index (Phi) is 40.3. The van der Waals surface area contributed by atoms with Crippen molar-refractivity contribution in [3.63, 3.8) is 0 Å². The van der Waals surface area contributed by atoms with Crippen molar-refractivity contribution in [1.82, 2.24) is 36.6 Å². The van der Waals surface area contributed by atoms with E-state index in [2.05, 4.69) is 43.5 Å². The predicted molar refractivity (Wildman–Crippen MR) is 269 cm³/mol. The summed E-state index contributed by atoms with van der Waals surface area (Å²) in [4.78, 5) is 104. The van der Waals surface area contributed by atoms with E-state index in [9.17, 15) is 43.5 Å². The zero-order valence-electron chi connectivity index (χ0n) is 43.0. The molecule has 0 aromatic carbocycles. The zero-order valence-corrected chi connectivity index (χ0v) is 43.0. The highest BCUT2D eigenvalue weighted by Gasteiger charge is 2.26.